The van der Waals surface area contributed by atoms with Crippen molar-refractivity contribution in [3.63, 3.8) is 0 Å². The fourth-order valence-electron chi connectivity index (χ4n) is 1.34. The minimum Gasteiger partial charge on any atom is -0.388 e. The second kappa shape index (κ2) is 4.86. The van der Waals surface area contributed by atoms with E-state index >= 15 is 0 Å². The second-order valence-electron chi connectivity index (χ2n) is 3.56. The molecule has 0 bridgehead atoms. The Morgan fingerprint density at radius 1 is 1.20 bits per heavy atom. The molecule has 0 radical (unpaired) electrons. The van der Waals surface area contributed by atoms with Gasteiger partial charge in [-0.2, -0.15) is 0 Å². The molecule has 0 aromatic carbocycles. The third kappa shape index (κ3) is 2.86. The fraction of sp³-hybridized carbons (Fsp3) is 0.875. The summed E-state index contributed by atoms with van der Waals surface area (Å²) in [5.74, 6) is -0.348. The molecule has 0 saturated carbocycles. The molecule has 5 N–H and O–H groups in total. The van der Waals surface area contributed by atoms with Crippen LogP contribution in [0.25, 0.3) is 0 Å². The predicted molar refractivity (Wildman–Crippen MR) is 49.3 cm³/mol. The molecular weight excluding hydrogens is 204 g/mol. The Kier molecular flexibility index (Phi) is 4.00. The fourth-order valence-corrected chi connectivity index (χ4v) is 1.34. The highest BCUT2D eigenvalue weighted by molar-refractivity contribution is 5.72. The molecule has 0 unspecified atom stereocenters. The molecular formula is C8H16N2O5. The largest absolute Gasteiger partial charge is 0.388 e. The zero-order valence-corrected chi connectivity index (χ0v) is 8.54. The number of hydrogen-bond acceptors (Lipinski definition) is 6. The molecule has 0 aromatic heterocycles. The molecule has 1 amide bonds. The van der Waals surface area contributed by atoms with Crippen LogP contribution in [0.2, 0.25) is 0 Å². The third-order valence-corrected chi connectivity index (χ3v) is 2.24. The van der Waals surface area contributed by atoms with Gasteiger partial charge in [-0.3, -0.25) is 10.2 Å². The van der Waals surface area contributed by atoms with E-state index in [0.29, 0.717) is 0 Å². The summed E-state index contributed by atoms with van der Waals surface area (Å²) in [6, 6.07) is 0. The first-order valence-corrected chi connectivity index (χ1v) is 4.65. The molecule has 1 aliphatic rings. The number of carbonyl (C=O) groups excluding carboxylic acids is 1. The number of hydrogen-bond donors (Lipinski definition) is 5. The summed E-state index contributed by atoms with van der Waals surface area (Å²) in [5, 5.41) is 28.3. The normalized spacial score (nSPS) is 41.3. The molecule has 1 aliphatic heterocycles. The molecule has 88 valence electrons. The molecule has 0 aliphatic carbocycles. The lowest BCUT2D eigenvalue weighted by atomic mass is 9.99. The van der Waals surface area contributed by atoms with E-state index in [1.807, 2.05) is 0 Å². The average molecular weight is 220 g/mol. The summed E-state index contributed by atoms with van der Waals surface area (Å²) < 4.78 is 5.15. The van der Waals surface area contributed by atoms with Crippen LogP contribution >= 0.6 is 0 Å². The summed E-state index contributed by atoms with van der Waals surface area (Å²) in [7, 11) is 0. The summed E-state index contributed by atoms with van der Waals surface area (Å²) in [6.07, 6.45) is -5.32. The van der Waals surface area contributed by atoms with Crippen molar-refractivity contribution >= 4 is 5.91 Å². The van der Waals surface area contributed by atoms with Gasteiger partial charge in [-0.15, -0.1) is 0 Å². The Hall–Kier alpha value is -0.730. The van der Waals surface area contributed by atoms with Crippen LogP contribution in [0.4, 0.5) is 0 Å². The topological polar surface area (TPSA) is 111 Å². The number of aliphatic hydroxyl groups excluding tert-OH is 3. The van der Waals surface area contributed by atoms with E-state index in [0.717, 1.165) is 0 Å². The Bertz CT molecular complexity index is 237. The van der Waals surface area contributed by atoms with Gasteiger partial charge < -0.3 is 20.1 Å². The van der Waals surface area contributed by atoms with Crippen LogP contribution in [0.5, 0.6) is 0 Å². The molecule has 0 aromatic rings. The van der Waals surface area contributed by atoms with Gasteiger partial charge in [0.25, 0.3) is 0 Å². The van der Waals surface area contributed by atoms with E-state index in [4.69, 9.17) is 4.74 Å². The van der Waals surface area contributed by atoms with Crippen molar-refractivity contribution in [1.82, 2.24) is 10.9 Å². The van der Waals surface area contributed by atoms with Crippen molar-refractivity contribution in [2.75, 3.05) is 0 Å². The van der Waals surface area contributed by atoms with Crippen LogP contribution in [0.15, 0.2) is 0 Å². The highest BCUT2D eigenvalue weighted by Crippen LogP contribution is 2.18. The zero-order chi connectivity index (χ0) is 11.6. The molecule has 1 fully saturated rings. The van der Waals surface area contributed by atoms with Crippen molar-refractivity contribution in [3.8, 4) is 0 Å². The van der Waals surface area contributed by atoms with Crippen molar-refractivity contribution in [2.45, 2.75) is 44.5 Å². The van der Waals surface area contributed by atoms with Crippen LogP contribution in [0.3, 0.4) is 0 Å². The number of hydrazine groups is 1. The van der Waals surface area contributed by atoms with Gasteiger partial charge in [-0.25, -0.2) is 5.43 Å². The lowest BCUT2D eigenvalue weighted by Crippen LogP contribution is -2.63. The van der Waals surface area contributed by atoms with Crippen molar-refractivity contribution < 1.29 is 24.9 Å². The number of carbonyl (C=O) groups is 1. The van der Waals surface area contributed by atoms with E-state index in [-0.39, 0.29) is 5.91 Å². The van der Waals surface area contributed by atoms with Crippen LogP contribution in [0.1, 0.15) is 13.8 Å². The van der Waals surface area contributed by atoms with Crippen molar-refractivity contribution in [2.24, 2.45) is 0 Å². The maximum atomic E-state index is 10.6. The molecule has 7 nitrogen and oxygen atoms in total. The van der Waals surface area contributed by atoms with E-state index in [1.54, 1.807) is 6.92 Å². The molecule has 5 atom stereocenters. The lowest BCUT2D eigenvalue weighted by molar-refractivity contribution is -0.227. The number of nitrogens with one attached hydrogen (secondary N) is 2. The van der Waals surface area contributed by atoms with Crippen molar-refractivity contribution in [3.05, 3.63) is 0 Å². The Balaban J connectivity index is 2.54. The monoisotopic (exact) mass is 220 g/mol. The van der Waals surface area contributed by atoms with Gasteiger partial charge in [0.15, 0.2) is 6.23 Å². The standard InChI is InChI=1S/C8H16N2O5/c1-3-5(12)6(13)7(14)8(15-3)10-9-4(2)11/h3,5-8,10,12-14H,1-2H3,(H,9,11)/t3-,5+,6+,7-,8-/m1/s1. The van der Waals surface area contributed by atoms with E-state index in [9.17, 15) is 20.1 Å². The van der Waals surface area contributed by atoms with E-state index in [1.165, 1.54) is 6.92 Å². The highest BCUT2D eigenvalue weighted by atomic mass is 16.5. The van der Waals surface area contributed by atoms with Gasteiger partial charge in [0.2, 0.25) is 5.91 Å². The van der Waals surface area contributed by atoms with Crippen molar-refractivity contribution in [1.29, 1.82) is 0 Å². The van der Waals surface area contributed by atoms with Crippen LogP contribution in [-0.2, 0) is 9.53 Å². The van der Waals surface area contributed by atoms with Gasteiger partial charge in [0, 0.05) is 6.92 Å². The maximum Gasteiger partial charge on any atom is 0.231 e. The summed E-state index contributed by atoms with van der Waals surface area (Å²) in [4.78, 5) is 10.6. The summed E-state index contributed by atoms with van der Waals surface area (Å²) in [6.45, 7) is 2.85. The first-order chi connectivity index (χ1) is 6.93. The Morgan fingerprint density at radius 2 is 1.80 bits per heavy atom. The number of amides is 1. The third-order valence-electron chi connectivity index (χ3n) is 2.24. The van der Waals surface area contributed by atoms with Gasteiger partial charge in [-0.1, -0.05) is 0 Å². The highest BCUT2D eigenvalue weighted by Gasteiger charge is 2.41. The number of ether oxygens (including phenoxy) is 1. The summed E-state index contributed by atoms with van der Waals surface area (Å²) in [5.41, 5.74) is 4.64. The quantitative estimate of drug-likeness (QED) is 0.328. The second-order valence-corrected chi connectivity index (χ2v) is 3.56. The lowest BCUT2D eigenvalue weighted by Gasteiger charge is -2.39. The summed E-state index contributed by atoms with van der Waals surface area (Å²) >= 11 is 0. The number of aliphatic hydroxyl groups is 3. The Morgan fingerprint density at radius 3 is 2.33 bits per heavy atom. The molecule has 1 saturated heterocycles. The maximum absolute atomic E-state index is 10.6. The zero-order valence-electron chi connectivity index (χ0n) is 8.54. The molecule has 1 heterocycles. The average Bonchev–Trinajstić information content (AvgIpc) is 2.18. The molecule has 0 spiro atoms. The van der Waals surface area contributed by atoms with Gasteiger partial charge >= 0.3 is 0 Å². The van der Waals surface area contributed by atoms with Gasteiger partial charge in [0.05, 0.1) is 6.10 Å². The first-order valence-electron chi connectivity index (χ1n) is 4.65. The molecule has 7 heteroatoms. The van der Waals surface area contributed by atoms with E-state index in [2.05, 4.69) is 10.9 Å². The SMILES string of the molecule is CC(=O)NN[C@@H]1O[C@H](C)[C@H](O)[C@H](O)[C@H]1O. The molecule has 15 heavy (non-hydrogen) atoms. The van der Waals surface area contributed by atoms with Crippen LogP contribution in [0, 0.1) is 0 Å². The minimum absolute atomic E-state index is 0.348. The molecule has 1 rings (SSSR count). The van der Waals surface area contributed by atoms with Crippen LogP contribution in [-0.4, -0.2) is 51.9 Å². The van der Waals surface area contributed by atoms with Gasteiger partial charge in [0.1, 0.15) is 18.3 Å². The van der Waals surface area contributed by atoms with Crippen LogP contribution < -0.4 is 10.9 Å². The number of rotatable bonds is 2. The van der Waals surface area contributed by atoms with Gasteiger partial charge in [-0.05, 0) is 6.92 Å². The smallest absolute Gasteiger partial charge is 0.231 e. The Labute approximate surface area is 87.0 Å². The minimum atomic E-state index is -1.31. The predicted octanol–water partition coefficient (Wildman–Crippen LogP) is -2.55. The first kappa shape index (κ1) is 12.3. The van der Waals surface area contributed by atoms with E-state index < -0.39 is 30.6 Å².